The number of benzene rings is 2. The molecule has 0 unspecified atom stereocenters. The van der Waals surface area contributed by atoms with Gasteiger partial charge in [-0.15, -0.1) is 0 Å². The molecule has 4 rings (SSSR count). The van der Waals surface area contributed by atoms with Crippen molar-refractivity contribution in [2.45, 2.75) is 0 Å². The van der Waals surface area contributed by atoms with Crippen molar-refractivity contribution in [3.63, 3.8) is 0 Å². The van der Waals surface area contributed by atoms with E-state index in [2.05, 4.69) is 20.9 Å². The van der Waals surface area contributed by atoms with Crippen molar-refractivity contribution < 1.29 is 19.0 Å². The molecule has 2 aliphatic heterocycles. The fourth-order valence-electron chi connectivity index (χ4n) is 2.32. The molecule has 5 nitrogen and oxygen atoms in total. The van der Waals surface area contributed by atoms with Crippen molar-refractivity contribution >= 4 is 45.5 Å². The zero-order chi connectivity index (χ0) is 16.7. The molecule has 24 heavy (non-hydrogen) atoms. The monoisotopic (exact) mass is 405 g/mol. The van der Waals surface area contributed by atoms with Gasteiger partial charge in [-0.25, -0.2) is 9.79 Å². The Morgan fingerprint density at radius 1 is 1.12 bits per heavy atom. The molecular formula is C17H9BrClNO4. The lowest BCUT2D eigenvalue weighted by atomic mass is 10.1. The van der Waals surface area contributed by atoms with Gasteiger partial charge in [0.25, 0.3) is 0 Å². The number of rotatable bonds is 2. The molecule has 0 aliphatic carbocycles. The molecule has 2 aromatic rings. The SMILES string of the molecule is O=C1OC(c2ccc(Cl)cc2)=N/C1=C/c1cc2c(cc1Br)OCO2. The summed E-state index contributed by atoms with van der Waals surface area (Å²) in [5, 5.41) is 0.601. The molecule has 0 radical (unpaired) electrons. The van der Waals surface area contributed by atoms with Crippen LogP contribution < -0.4 is 9.47 Å². The van der Waals surface area contributed by atoms with Crippen LogP contribution in [0.1, 0.15) is 11.1 Å². The van der Waals surface area contributed by atoms with E-state index in [0.717, 1.165) is 10.0 Å². The van der Waals surface area contributed by atoms with Crippen LogP contribution >= 0.6 is 27.5 Å². The molecule has 0 spiro atoms. The van der Waals surface area contributed by atoms with Gasteiger partial charge in [0.05, 0.1) is 0 Å². The minimum Gasteiger partial charge on any atom is -0.454 e. The normalized spacial score (nSPS) is 17.2. The van der Waals surface area contributed by atoms with Gasteiger partial charge < -0.3 is 14.2 Å². The van der Waals surface area contributed by atoms with Crippen LogP contribution in [-0.4, -0.2) is 18.7 Å². The second-order valence-electron chi connectivity index (χ2n) is 5.07. The molecular weight excluding hydrogens is 398 g/mol. The molecule has 0 bridgehead atoms. The van der Waals surface area contributed by atoms with Crippen molar-refractivity contribution in [2.75, 3.05) is 6.79 Å². The molecule has 0 fully saturated rings. The standard InChI is InChI=1S/C17H9BrClNO4/c18-12-7-15-14(22-8-23-15)6-10(12)5-13-17(21)24-16(20-13)9-1-3-11(19)4-2-9/h1-7H,8H2/b13-5+. The number of hydrogen-bond acceptors (Lipinski definition) is 5. The number of nitrogens with zero attached hydrogens (tertiary/aromatic N) is 1. The van der Waals surface area contributed by atoms with E-state index in [4.69, 9.17) is 25.8 Å². The van der Waals surface area contributed by atoms with Crippen molar-refractivity contribution in [1.82, 2.24) is 0 Å². The Morgan fingerprint density at radius 3 is 2.58 bits per heavy atom. The smallest absolute Gasteiger partial charge is 0.363 e. The van der Waals surface area contributed by atoms with Crippen LogP contribution in [0.15, 0.2) is 51.6 Å². The number of cyclic esters (lactones) is 1. The first kappa shape index (κ1) is 15.2. The minimum atomic E-state index is -0.510. The molecule has 120 valence electrons. The van der Waals surface area contributed by atoms with Gasteiger partial charge in [-0.3, -0.25) is 0 Å². The van der Waals surface area contributed by atoms with E-state index < -0.39 is 5.97 Å². The van der Waals surface area contributed by atoms with Crippen LogP contribution in [0.3, 0.4) is 0 Å². The van der Waals surface area contributed by atoms with E-state index in [0.29, 0.717) is 22.1 Å². The number of aliphatic imine (C=N–C) groups is 1. The highest BCUT2D eigenvalue weighted by Crippen LogP contribution is 2.38. The summed E-state index contributed by atoms with van der Waals surface area (Å²) < 4.78 is 16.7. The van der Waals surface area contributed by atoms with E-state index in [1.165, 1.54) is 0 Å². The van der Waals surface area contributed by atoms with E-state index in [-0.39, 0.29) is 18.4 Å². The maximum Gasteiger partial charge on any atom is 0.363 e. The number of fused-ring (bicyclic) bond motifs is 1. The third-order valence-electron chi connectivity index (χ3n) is 3.50. The summed E-state index contributed by atoms with van der Waals surface area (Å²) in [5.74, 6) is 1.02. The lowest BCUT2D eigenvalue weighted by Gasteiger charge is -2.02. The van der Waals surface area contributed by atoms with Crippen molar-refractivity contribution in [2.24, 2.45) is 4.99 Å². The minimum absolute atomic E-state index is 0.183. The fraction of sp³-hybridized carbons (Fsp3) is 0.0588. The zero-order valence-corrected chi connectivity index (χ0v) is 14.4. The maximum absolute atomic E-state index is 12.1. The Bertz CT molecular complexity index is 906. The molecule has 0 atom stereocenters. The van der Waals surface area contributed by atoms with Gasteiger partial charge in [0, 0.05) is 15.1 Å². The highest BCUT2D eigenvalue weighted by Gasteiger charge is 2.25. The largest absolute Gasteiger partial charge is 0.454 e. The summed E-state index contributed by atoms with van der Waals surface area (Å²) in [7, 11) is 0. The second kappa shape index (κ2) is 5.96. The van der Waals surface area contributed by atoms with Gasteiger partial charge in [0.2, 0.25) is 12.7 Å². The van der Waals surface area contributed by atoms with Crippen LogP contribution in [0.25, 0.3) is 6.08 Å². The van der Waals surface area contributed by atoms with Gasteiger partial charge >= 0.3 is 5.97 Å². The Labute approximate surface area is 150 Å². The molecule has 0 amide bonds. The first-order chi connectivity index (χ1) is 11.6. The summed E-state index contributed by atoms with van der Waals surface area (Å²) in [6.07, 6.45) is 1.64. The van der Waals surface area contributed by atoms with E-state index in [1.807, 2.05) is 0 Å². The molecule has 2 aromatic carbocycles. The lowest BCUT2D eigenvalue weighted by molar-refractivity contribution is -0.129. The van der Waals surface area contributed by atoms with Gasteiger partial charge in [0.1, 0.15) is 0 Å². The number of hydrogen-bond donors (Lipinski definition) is 0. The van der Waals surface area contributed by atoms with E-state index >= 15 is 0 Å². The number of carbonyl (C=O) groups excluding carboxylic acids is 1. The Morgan fingerprint density at radius 2 is 1.83 bits per heavy atom. The quantitative estimate of drug-likeness (QED) is 0.555. The van der Waals surface area contributed by atoms with E-state index in [1.54, 1.807) is 42.5 Å². The Balaban J connectivity index is 1.70. The summed E-state index contributed by atoms with van der Waals surface area (Å²) in [4.78, 5) is 16.3. The molecule has 7 heteroatoms. The molecule has 0 saturated heterocycles. The number of halogens is 2. The summed E-state index contributed by atoms with van der Waals surface area (Å²) in [5.41, 5.74) is 1.63. The second-order valence-corrected chi connectivity index (χ2v) is 6.36. The topological polar surface area (TPSA) is 57.1 Å². The molecule has 0 N–H and O–H groups in total. The Hall–Kier alpha value is -2.31. The van der Waals surface area contributed by atoms with Gasteiger partial charge in [-0.05, 0) is 48.0 Å². The van der Waals surface area contributed by atoms with Crippen LogP contribution in [0.5, 0.6) is 11.5 Å². The van der Waals surface area contributed by atoms with E-state index in [9.17, 15) is 4.79 Å². The molecule has 0 saturated carbocycles. The summed E-state index contributed by atoms with van der Waals surface area (Å²) in [6, 6.07) is 10.5. The average Bonchev–Trinajstić information content (AvgIpc) is 3.15. The fourth-order valence-corrected chi connectivity index (χ4v) is 2.88. The first-order valence-corrected chi connectivity index (χ1v) is 8.15. The van der Waals surface area contributed by atoms with Gasteiger partial charge in [-0.2, -0.15) is 0 Å². The Kier molecular flexibility index (Phi) is 3.78. The van der Waals surface area contributed by atoms with Crippen LogP contribution in [0, 0.1) is 0 Å². The number of ether oxygens (including phenoxy) is 3. The average molecular weight is 407 g/mol. The van der Waals surface area contributed by atoms with Crippen molar-refractivity contribution in [1.29, 1.82) is 0 Å². The third kappa shape index (κ3) is 2.79. The van der Waals surface area contributed by atoms with Crippen LogP contribution in [0.4, 0.5) is 0 Å². The van der Waals surface area contributed by atoms with Crippen molar-refractivity contribution in [3.05, 3.63) is 62.7 Å². The molecule has 2 aliphatic rings. The van der Waals surface area contributed by atoms with Crippen LogP contribution in [-0.2, 0) is 9.53 Å². The lowest BCUT2D eigenvalue weighted by Crippen LogP contribution is -2.05. The number of esters is 1. The van der Waals surface area contributed by atoms with Gasteiger partial charge in [0.15, 0.2) is 17.2 Å². The zero-order valence-electron chi connectivity index (χ0n) is 12.1. The predicted octanol–water partition coefficient (Wildman–Crippen LogP) is 4.18. The highest BCUT2D eigenvalue weighted by molar-refractivity contribution is 9.10. The summed E-state index contributed by atoms with van der Waals surface area (Å²) >= 11 is 9.31. The van der Waals surface area contributed by atoms with Crippen LogP contribution in [0.2, 0.25) is 5.02 Å². The molecule has 2 heterocycles. The van der Waals surface area contributed by atoms with Gasteiger partial charge in [-0.1, -0.05) is 27.5 Å². The number of carbonyl (C=O) groups is 1. The molecule has 0 aromatic heterocycles. The summed E-state index contributed by atoms with van der Waals surface area (Å²) in [6.45, 7) is 0.183. The third-order valence-corrected chi connectivity index (χ3v) is 4.43. The first-order valence-electron chi connectivity index (χ1n) is 6.98. The highest BCUT2D eigenvalue weighted by atomic mass is 79.9. The maximum atomic E-state index is 12.1. The predicted molar refractivity (Wildman–Crippen MR) is 92.3 cm³/mol. The van der Waals surface area contributed by atoms with Crippen molar-refractivity contribution in [3.8, 4) is 11.5 Å².